The zero-order valence-electron chi connectivity index (χ0n) is 16.1. The van der Waals surface area contributed by atoms with Crippen molar-refractivity contribution in [2.75, 3.05) is 5.32 Å². The first-order chi connectivity index (χ1) is 14.0. The fraction of sp³-hybridized carbons (Fsp3) is 0.421. The molecular formula is C19H20ClN7O2. The number of nitrogens with zero attached hydrogens (tertiary/aromatic N) is 6. The SMILES string of the molecule is Cc1nc(C23CCCC(C2)N3C(=O)Nc2ccc(Cl)c(-c3ncn(C)n3)c2)no1. The number of hydrogen-bond donors (Lipinski definition) is 1. The maximum absolute atomic E-state index is 13.2. The van der Waals surface area contributed by atoms with Gasteiger partial charge in [0.05, 0.1) is 5.02 Å². The molecule has 2 unspecified atom stereocenters. The lowest BCUT2D eigenvalue weighted by Crippen LogP contribution is -2.69. The summed E-state index contributed by atoms with van der Waals surface area (Å²) in [5, 5.41) is 11.9. The summed E-state index contributed by atoms with van der Waals surface area (Å²) in [6, 6.07) is 5.30. The van der Waals surface area contributed by atoms with E-state index < -0.39 is 5.54 Å². The van der Waals surface area contributed by atoms with Gasteiger partial charge in [-0.3, -0.25) is 4.68 Å². The summed E-state index contributed by atoms with van der Waals surface area (Å²) in [6.45, 7) is 1.76. The van der Waals surface area contributed by atoms with Crippen molar-refractivity contribution in [3.05, 3.63) is 41.3 Å². The number of aryl methyl sites for hydroxylation is 2. The van der Waals surface area contributed by atoms with E-state index in [1.165, 1.54) is 0 Å². The Morgan fingerprint density at radius 3 is 2.97 bits per heavy atom. The van der Waals surface area contributed by atoms with Crippen molar-refractivity contribution in [2.24, 2.45) is 7.05 Å². The summed E-state index contributed by atoms with van der Waals surface area (Å²) in [4.78, 5) is 23.7. The Morgan fingerprint density at radius 2 is 2.28 bits per heavy atom. The normalized spacial score (nSPS) is 23.0. The molecule has 1 aliphatic carbocycles. The Kier molecular flexibility index (Phi) is 4.09. The molecule has 3 heterocycles. The maximum atomic E-state index is 13.2. The fourth-order valence-electron chi connectivity index (χ4n) is 4.48. The van der Waals surface area contributed by atoms with Gasteiger partial charge in [-0.2, -0.15) is 10.1 Å². The van der Waals surface area contributed by atoms with Gasteiger partial charge in [0.2, 0.25) is 5.89 Å². The van der Waals surface area contributed by atoms with Gasteiger partial charge >= 0.3 is 6.03 Å². The van der Waals surface area contributed by atoms with Crippen LogP contribution in [0.4, 0.5) is 10.5 Å². The minimum atomic E-state index is -0.484. The molecule has 0 spiro atoms. The number of urea groups is 1. The van der Waals surface area contributed by atoms with Crippen molar-refractivity contribution in [2.45, 2.75) is 44.2 Å². The Hall–Kier alpha value is -2.94. The third-order valence-corrected chi connectivity index (χ3v) is 6.08. The standard InChI is InChI=1S/C19H20ClN7O2/c1-11-22-17(25-29-11)19-7-3-4-13(9-19)27(19)18(28)23-12-5-6-15(20)14(8-12)16-21-10-26(2)24-16/h5-6,8,10,13H,3-4,7,9H2,1-2H3,(H,23,28). The third-order valence-electron chi connectivity index (χ3n) is 5.75. The number of aromatic nitrogens is 5. The molecule has 0 radical (unpaired) electrons. The highest BCUT2D eigenvalue weighted by Crippen LogP contribution is 2.53. The number of carbonyl (C=O) groups excluding carboxylic acids is 1. The molecule has 1 N–H and O–H groups in total. The van der Waals surface area contributed by atoms with Gasteiger partial charge in [-0.1, -0.05) is 16.8 Å². The number of likely N-dealkylation sites (tertiary alicyclic amines) is 1. The van der Waals surface area contributed by atoms with Crippen LogP contribution in [-0.4, -0.2) is 41.9 Å². The van der Waals surface area contributed by atoms with E-state index in [0.29, 0.717) is 33.8 Å². The molecule has 2 fully saturated rings. The summed E-state index contributed by atoms with van der Waals surface area (Å²) in [5.41, 5.74) is 0.811. The van der Waals surface area contributed by atoms with Gasteiger partial charge < -0.3 is 14.7 Å². The maximum Gasteiger partial charge on any atom is 0.322 e. The average molecular weight is 414 g/mol. The highest BCUT2D eigenvalue weighted by atomic mass is 35.5. The monoisotopic (exact) mass is 413 g/mol. The largest absolute Gasteiger partial charge is 0.340 e. The third kappa shape index (κ3) is 2.88. The van der Waals surface area contributed by atoms with Crippen LogP contribution in [0.2, 0.25) is 5.02 Å². The number of carbonyl (C=O) groups is 1. The van der Waals surface area contributed by atoms with Crippen LogP contribution in [0, 0.1) is 6.92 Å². The van der Waals surface area contributed by atoms with Crippen LogP contribution in [-0.2, 0) is 12.6 Å². The van der Waals surface area contributed by atoms with Gasteiger partial charge in [0.15, 0.2) is 11.6 Å². The number of hydrogen-bond acceptors (Lipinski definition) is 6. The second kappa shape index (κ2) is 6.55. The van der Waals surface area contributed by atoms with Crippen LogP contribution in [0.1, 0.15) is 37.4 Å². The van der Waals surface area contributed by atoms with Crippen molar-refractivity contribution < 1.29 is 9.32 Å². The number of rotatable bonds is 3. The Balaban J connectivity index is 1.42. The molecule has 150 valence electrons. The molecule has 2 bridgehead atoms. The minimum absolute atomic E-state index is 0.175. The zero-order chi connectivity index (χ0) is 20.2. The van der Waals surface area contributed by atoms with Crippen LogP contribution < -0.4 is 5.32 Å². The van der Waals surface area contributed by atoms with Crippen molar-refractivity contribution in [1.29, 1.82) is 0 Å². The number of amides is 2. The van der Waals surface area contributed by atoms with E-state index in [-0.39, 0.29) is 12.1 Å². The summed E-state index contributed by atoms with van der Waals surface area (Å²) in [7, 11) is 1.79. The van der Waals surface area contributed by atoms with E-state index in [0.717, 1.165) is 25.7 Å². The van der Waals surface area contributed by atoms with E-state index in [9.17, 15) is 4.79 Å². The number of benzene rings is 1. The Bertz CT molecular complexity index is 1090. The molecule has 9 nitrogen and oxygen atoms in total. The highest BCUT2D eigenvalue weighted by molar-refractivity contribution is 6.33. The lowest BCUT2D eigenvalue weighted by Gasteiger charge is -2.60. The molecule has 2 aliphatic rings. The molecule has 1 aromatic carbocycles. The van der Waals surface area contributed by atoms with Gasteiger partial charge in [0.1, 0.15) is 11.9 Å². The van der Waals surface area contributed by atoms with Crippen molar-refractivity contribution in [3.63, 3.8) is 0 Å². The van der Waals surface area contributed by atoms with E-state index >= 15 is 0 Å². The summed E-state index contributed by atoms with van der Waals surface area (Å²) in [6.07, 6.45) is 5.33. The molecule has 1 aliphatic heterocycles. The number of anilines is 1. The lowest BCUT2D eigenvalue weighted by molar-refractivity contribution is -0.0817. The molecule has 2 amide bonds. The Morgan fingerprint density at radius 1 is 1.41 bits per heavy atom. The summed E-state index contributed by atoms with van der Waals surface area (Å²) < 4.78 is 6.79. The predicted molar refractivity (Wildman–Crippen MR) is 105 cm³/mol. The second-order valence-electron chi connectivity index (χ2n) is 7.66. The van der Waals surface area contributed by atoms with Crippen molar-refractivity contribution in [1.82, 2.24) is 29.8 Å². The molecular weight excluding hydrogens is 394 g/mol. The van der Waals surface area contributed by atoms with Crippen molar-refractivity contribution >= 4 is 23.3 Å². The minimum Gasteiger partial charge on any atom is -0.340 e. The molecule has 2 atom stereocenters. The smallest absolute Gasteiger partial charge is 0.322 e. The zero-order valence-corrected chi connectivity index (χ0v) is 16.8. The van der Waals surface area contributed by atoms with Crippen molar-refractivity contribution in [3.8, 4) is 11.4 Å². The number of halogens is 1. The molecule has 29 heavy (non-hydrogen) atoms. The molecule has 2 aromatic heterocycles. The quantitative estimate of drug-likeness (QED) is 0.704. The van der Waals surface area contributed by atoms with Gasteiger partial charge in [-0.25, -0.2) is 9.78 Å². The van der Waals surface area contributed by atoms with Crippen LogP contribution in [0.25, 0.3) is 11.4 Å². The average Bonchev–Trinajstić information content (AvgIpc) is 3.32. The molecule has 1 saturated carbocycles. The van der Waals surface area contributed by atoms with Gasteiger partial charge in [-0.05, 0) is 43.9 Å². The van der Waals surface area contributed by atoms with E-state index in [1.807, 2.05) is 4.90 Å². The predicted octanol–water partition coefficient (Wildman–Crippen LogP) is 3.51. The topological polar surface area (TPSA) is 102 Å². The fourth-order valence-corrected chi connectivity index (χ4v) is 4.68. The van der Waals surface area contributed by atoms with E-state index in [4.69, 9.17) is 16.1 Å². The number of nitrogens with one attached hydrogen (secondary N) is 1. The summed E-state index contributed by atoms with van der Waals surface area (Å²) in [5.74, 6) is 1.61. The first kappa shape index (κ1) is 18.1. The molecule has 10 heteroatoms. The second-order valence-corrected chi connectivity index (χ2v) is 8.06. The molecule has 5 rings (SSSR count). The van der Waals surface area contributed by atoms with E-state index in [1.54, 1.807) is 43.2 Å². The van der Waals surface area contributed by atoms with Gasteiger partial charge in [0, 0.05) is 31.3 Å². The van der Waals surface area contributed by atoms with Gasteiger partial charge in [-0.15, -0.1) is 0 Å². The van der Waals surface area contributed by atoms with Crippen LogP contribution in [0.3, 0.4) is 0 Å². The van der Waals surface area contributed by atoms with E-state index in [2.05, 4.69) is 25.5 Å². The van der Waals surface area contributed by atoms with Crippen LogP contribution in [0.15, 0.2) is 29.0 Å². The van der Waals surface area contributed by atoms with Crippen LogP contribution >= 0.6 is 11.6 Å². The highest BCUT2D eigenvalue weighted by Gasteiger charge is 2.60. The summed E-state index contributed by atoms with van der Waals surface area (Å²) >= 11 is 6.32. The number of piperidine rings is 1. The first-order valence-electron chi connectivity index (χ1n) is 9.53. The first-order valence-corrected chi connectivity index (χ1v) is 9.91. The molecule has 3 aromatic rings. The Labute approximate surface area is 172 Å². The lowest BCUT2D eigenvalue weighted by atomic mass is 9.67. The molecule has 1 saturated heterocycles. The van der Waals surface area contributed by atoms with Gasteiger partial charge in [0.25, 0.3) is 0 Å². The van der Waals surface area contributed by atoms with Crippen LogP contribution in [0.5, 0.6) is 0 Å². The number of fused-ring (bicyclic) bond motifs is 2.